The molecule has 0 saturated heterocycles. The van der Waals surface area contributed by atoms with Crippen LogP contribution in [0.3, 0.4) is 0 Å². The minimum Gasteiger partial charge on any atom is -0.456 e. The Balaban J connectivity index is 1.48. The van der Waals surface area contributed by atoms with E-state index in [0.29, 0.717) is 0 Å². The smallest absolute Gasteiger partial charge is 0.137 e. The van der Waals surface area contributed by atoms with Crippen molar-refractivity contribution in [3.8, 4) is 22.3 Å². The lowest BCUT2D eigenvalue weighted by Gasteiger charge is -2.29. The fourth-order valence-electron chi connectivity index (χ4n) is 6.83. The van der Waals surface area contributed by atoms with E-state index in [2.05, 4.69) is 146 Å². The third kappa shape index (κ3) is 3.57. The summed E-state index contributed by atoms with van der Waals surface area (Å²) in [6, 6.07) is 49.9. The first-order valence-corrected chi connectivity index (χ1v) is 14.2. The van der Waals surface area contributed by atoms with Crippen molar-refractivity contribution in [2.24, 2.45) is 0 Å². The van der Waals surface area contributed by atoms with Crippen LogP contribution in [0.2, 0.25) is 0 Å². The van der Waals surface area contributed by atoms with Gasteiger partial charge in [-0.25, -0.2) is 0 Å². The topological polar surface area (TPSA) is 16.4 Å². The average Bonchev–Trinajstić information content (AvgIpc) is 3.51. The lowest BCUT2D eigenvalue weighted by molar-refractivity contribution is 0.662. The second kappa shape index (κ2) is 8.97. The summed E-state index contributed by atoms with van der Waals surface area (Å²) in [7, 11) is 0. The second-order valence-corrected chi connectivity index (χ2v) is 11.4. The number of rotatable bonds is 4. The second-order valence-electron chi connectivity index (χ2n) is 11.4. The van der Waals surface area contributed by atoms with Crippen molar-refractivity contribution < 1.29 is 4.42 Å². The van der Waals surface area contributed by atoms with Crippen LogP contribution >= 0.6 is 0 Å². The Morgan fingerprint density at radius 1 is 0.537 bits per heavy atom. The Hall–Kier alpha value is -5.08. The minimum atomic E-state index is -0.117. The van der Waals surface area contributed by atoms with E-state index >= 15 is 0 Å². The van der Waals surface area contributed by atoms with Crippen molar-refractivity contribution in [1.82, 2.24) is 0 Å². The van der Waals surface area contributed by atoms with E-state index in [1.165, 1.54) is 33.4 Å². The van der Waals surface area contributed by atoms with Gasteiger partial charge >= 0.3 is 0 Å². The Bertz CT molecular complexity index is 2070. The molecular formula is C39H29NO. The maximum Gasteiger partial charge on any atom is 0.137 e. The summed E-state index contributed by atoms with van der Waals surface area (Å²) < 4.78 is 6.33. The van der Waals surface area contributed by atoms with Crippen molar-refractivity contribution in [3.63, 3.8) is 0 Å². The summed E-state index contributed by atoms with van der Waals surface area (Å²) in [6.45, 7) is 4.72. The zero-order chi connectivity index (χ0) is 27.6. The highest BCUT2D eigenvalue weighted by Gasteiger charge is 2.38. The van der Waals surface area contributed by atoms with Crippen molar-refractivity contribution in [1.29, 1.82) is 0 Å². The van der Waals surface area contributed by atoms with E-state index in [-0.39, 0.29) is 5.41 Å². The van der Waals surface area contributed by atoms with Crippen LogP contribution in [-0.2, 0) is 5.41 Å². The molecule has 1 aliphatic rings. The molecule has 6 aromatic carbocycles. The van der Waals surface area contributed by atoms with Crippen LogP contribution in [0.15, 0.2) is 144 Å². The summed E-state index contributed by atoms with van der Waals surface area (Å²) >= 11 is 0. The molecule has 0 radical (unpaired) electrons. The highest BCUT2D eigenvalue weighted by atomic mass is 16.3. The van der Waals surface area contributed by atoms with E-state index in [1.807, 2.05) is 12.1 Å². The molecular weight excluding hydrogens is 498 g/mol. The first kappa shape index (κ1) is 23.8. The molecule has 0 unspecified atom stereocenters. The molecule has 2 heteroatoms. The number of furan rings is 1. The molecule has 196 valence electrons. The average molecular weight is 528 g/mol. The SMILES string of the molecule is CC1(C)c2ccccc2-c2cc(N(c3ccccc3)c3cccc4oc5ccccc5c34)cc(-c3ccccc3)c21. The third-order valence-corrected chi connectivity index (χ3v) is 8.62. The van der Waals surface area contributed by atoms with E-state index in [4.69, 9.17) is 4.42 Å². The molecule has 41 heavy (non-hydrogen) atoms. The van der Waals surface area contributed by atoms with Gasteiger partial charge in [0.2, 0.25) is 0 Å². The van der Waals surface area contributed by atoms with Crippen molar-refractivity contribution in [2.45, 2.75) is 19.3 Å². The Labute approximate surface area is 240 Å². The van der Waals surface area contributed by atoms with Gasteiger partial charge in [0, 0.05) is 22.2 Å². The number of anilines is 3. The van der Waals surface area contributed by atoms with Gasteiger partial charge in [-0.15, -0.1) is 0 Å². The summed E-state index contributed by atoms with van der Waals surface area (Å²) in [4.78, 5) is 2.39. The fraction of sp³-hybridized carbons (Fsp3) is 0.0769. The predicted molar refractivity (Wildman–Crippen MR) is 171 cm³/mol. The van der Waals surface area contributed by atoms with Gasteiger partial charge in [0.25, 0.3) is 0 Å². The standard InChI is InChI=1S/C39H29NO/c1-39(2)33-20-11-9-18-29(33)32-25-28(24-31(38(32)39)26-14-5-3-6-15-26)40(27-16-7-4-8-17-27)34-21-13-23-36-37(34)30-19-10-12-22-35(30)41-36/h3-25H,1-2H3. The summed E-state index contributed by atoms with van der Waals surface area (Å²) in [6.07, 6.45) is 0. The lowest BCUT2D eigenvalue weighted by atomic mass is 9.78. The number of hydrogen-bond acceptors (Lipinski definition) is 2. The number of hydrogen-bond donors (Lipinski definition) is 0. The molecule has 0 spiro atoms. The summed E-state index contributed by atoms with van der Waals surface area (Å²) in [5.74, 6) is 0. The zero-order valence-electron chi connectivity index (χ0n) is 23.1. The molecule has 0 atom stereocenters. The predicted octanol–water partition coefficient (Wildman–Crippen LogP) is 11.0. The molecule has 0 bridgehead atoms. The molecule has 0 aliphatic heterocycles. The van der Waals surface area contributed by atoms with Crippen LogP contribution in [-0.4, -0.2) is 0 Å². The fourth-order valence-corrected chi connectivity index (χ4v) is 6.83. The van der Waals surface area contributed by atoms with Crippen molar-refractivity contribution >= 4 is 39.0 Å². The Kier molecular flexibility index (Phi) is 5.20. The molecule has 0 amide bonds. The van der Waals surface area contributed by atoms with Gasteiger partial charge in [0.1, 0.15) is 11.2 Å². The van der Waals surface area contributed by atoms with Crippen LogP contribution in [0.4, 0.5) is 17.1 Å². The molecule has 8 rings (SSSR count). The molecule has 1 aromatic heterocycles. The quantitative estimate of drug-likeness (QED) is 0.226. The van der Waals surface area contributed by atoms with Crippen LogP contribution < -0.4 is 4.90 Å². The number of benzene rings is 6. The maximum atomic E-state index is 6.33. The minimum absolute atomic E-state index is 0.117. The maximum absolute atomic E-state index is 6.33. The highest BCUT2D eigenvalue weighted by molar-refractivity contribution is 6.13. The Morgan fingerprint density at radius 3 is 2.02 bits per heavy atom. The molecule has 0 fully saturated rings. The third-order valence-electron chi connectivity index (χ3n) is 8.62. The first-order valence-electron chi connectivity index (χ1n) is 14.2. The van der Waals surface area contributed by atoms with Gasteiger partial charge in [0.15, 0.2) is 0 Å². The first-order chi connectivity index (χ1) is 20.1. The molecule has 1 aliphatic carbocycles. The molecule has 0 saturated carbocycles. The monoisotopic (exact) mass is 527 g/mol. The van der Waals surface area contributed by atoms with Crippen molar-refractivity contribution in [2.75, 3.05) is 4.90 Å². The van der Waals surface area contributed by atoms with Gasteiger partial charge in [-0.3, -0.25) is 0 Å². The normalized spacial score (nSPS) is 13.3. The van der Waals surface area contributed by atoms with Gasteiger partial charge in [-0.1, -0.05) is 111 Å². The van der Waals surface area contributed by atoms with Crippen LogP contribution in [0.25, 0.3) is 44.2 Å². The molecule has 1 heterocycles. The Morgan fingerprint density at radius 2 is 1.20 bits per heavy atom. The van der Waals surface area contributed by atoms with Crippen LogP contribution in [0.5, 0.6) is 0 Å². The zero-order valence-corrected chi connectivity index (χ0v) is 23.1. The van der Waals surface area contributed by atoms with Crippen molar-refractivity contribution in [3.05, 3.63) is 151 Å². The van der Waals surface area contributed by atoms with Gasteiger partial charge in [0.05, 0.1) is 11.1 Å². The van der Waals surface area contributed by atoms with Crippen LogP contribution in [0, 0.1) is 0 Å². The number of fused-ring (bicyclic) bond motifs is 6. The van der Waals surface area contributed by atoms with E-state index in [9.17, 15) is 0 Å². The molecule has 0 N–H and O–H groups in total. The van der Waals surface area contributed by atoms with Gasteiger partial charge in [-0.2, -0.15) is 0 Å². The van der Waals surface area contributed by atoms with E-state index < -0.39 is 0 Å². The van der Waals surface area contributed by atoms with E-state index in [0.717, 1.165) is 39.0 Å². The van der Waals surface area contributed by atoms with E-state index in [1.54, 1.807) is 0 Å². The number of para-hydroxylation sites is 2. The molecule has 2 nitrogen and oxygen atoms in total. The van der Waals surface area contributed by atoms with Gasteiger partial charge < -0.3 is 9.32 Å². The largest absolute Gasteiger partial charge is 0.456 e. The molecule has 7 aromatic rings. The van der Waals surface area contributed by atoms with Gasteiger partial charge in [-0.05, 0) is 75.8 Å². The lowest BCUT2D eigenvalue weighted by Crippen LogP contribution is -2.17. The number of nitrogens with zero attached hydrogens (tertiary/aromatic N) is 1. The summed E-state index contributed by atoms with van der Waals surface area (Å²) in [5, 5.41) is 2.24. The summed E-state index contributed by atoms with van der Waals surface area (Å²) in [5.41, 5.74) is 12.9. The highest BCUT2D eigenvalue weighted by Crippen LogP contribution is 2.55. The van der Waals surface area contributed by atoms with Crippen LogP contribution in [0.1, 0.15) is 25.0 Å².